The van der Waals surface area contributed by atoms with Crippen molar-refractivity contribution in [2.75, 3.05) is 17.9 Å². The fraction of sp³-hybridized carbons (Fsp3) is 0.379. The van der Waals surface area contributed by atoms with Gasteiger partial charge < -0.3 is 15.2 Å². The predicted molar refractivity (Wildman–Crippen MR) is 156 cm³/mol. The Balaban J connectivity index is 0.000000228. The predicted octanol–water partition coefficient (Wildman–Crippen LogP) is 3.95. The molecule has 0 spiro atoms. The summed E-state index contributed by atoms with van der Waals surface area (Å²) in [5, 5.41) is 16.2. The second-order valence-electron chi connectivity index (χ2n) is 10.1. The molecule has 3 heterocycles. The number of carbonyl (C=O) groups excluding carboxylic acids is 2. The fourth-order valence-electron chi connectivity index (χ4n) is 4.26. The van der Waals surface area contributed by atoms with E-state index in [1.807, 2.05) is 58.2 Å². The minimum absolute atomic E-state index is 0.0124. The van der Waals surface area contributed by atoms with Crippen LogP contribution in [0.3, 0.4) is 0 Å². The van der Waals surface area contributed by atoms with Gasteiger partial charge in [-0.2, -0.15) is 5.10 Å². The van der Waals surface area contributed by atoms with Crippen LogP contribution in [0, 0.1) is 19.8 Å². The summed E-state index contributed by atoms with van der Waals surface area (Å²) in [5.74, 6) is -1.38. The number of rotatable bonds is 9. The quantitative estimate of drug-likeness (QED) is 0.364. The van der Waals surface area contributed by atoms with Crippen LogP contribution >= 0.6 is 11.6 Å². The Hall–Kier alpha value is -4.09. The maximum Gasteiger partial charge on any atom is 0.338 e. The minimum Gasteiger partial charge on any atom is -0.478 e. The van der Waals surface area contributed by atoms with Crippen LogP contribution in [0.15, 0.2) is 53.9 Å². The van der Waals surface area contributed by atoms with Crippen molar-refractivity contribution in [3.8, 4) is 0 Å². The number of carboxylic acids is 1. The average Bonchev–Trinajstić information content (AvgIpc) is 3.56. The van der Waals surface area contributed by atoms with Gasteiger partial charge in [-0.1, -0.05) is 32.0 Å². The first kappa shape index (κ1) is 31.4. The molecular weight excluding hydrogens is 548 g/mol. The van der Waals surface area contributed by atoms with Crippen molar-refractivity contribution in [2.24, 2.45) is 10.9 Å². The topological polar surface area (TPSA) is 139 Å². The summed E-state index contributed by atoms with van der Waals surface area (Å²) >= 11 is 5.72. The zero-order valence-electron chi connectivity index (χ0n) is 24.0. The van der Waals surface area contributed by atoms with Crippen LogP contribution in [0.1, 0.15) is 53.5 Å². The number of pyridine rings is 1. The van der Waals surface area contributed by atoms with E-state index in [1.165, 1.54) is 19.4 Å². The van der Waals surface area contributed by atoms with E-state index in [4.69, 9.17) is 16.3 Å². The van der Waals surface area contributed by atoms with Crippen molar-refractivity contribution < 1.29 is 24.2 Å². The number of aromatic nitrogens is 3. The number of aromatic carboxylic acids is 1. The van der Waals surface area contributed by atoms with Crippen molar-refractivity contribution in [3.63, 3.8) is 0 Å². The second-order valence-corrected chi connectivity index (χ2v) is 10.3. The summed E-state index contributed by atoms with van der Waals surface area (Å²) < 4.78 is 6.68. The number of ether oxygens (including phenoxy) is 1. The molecule has 2 N–H and O–H groups in total. The number of halogens is 1. The van der Waals surface area contributed by atoms with E-state index in [-0.39, 0.29) is 47.3 Å². The Morgan fingerprint density at radius 1 is 1.22 bits per heavy atom. The van der Waals surface area contributed by atoms with E-state index in [2.05, 4.69) is 20.4 Å². The summed E-state index contributed by atoms with van der Waals surface area (Å²) in [6.07, 6.45) is 5.03. The summed E-state index contributed by atoms with van der Waals surface area (Å²) in [7, 11) is 1.52. The molecule has 0 bridgehead atoms. The van der Waals surface area contributed by atoms with Crippen LogP contribution < -0.4 is 10.2 Å². The Morgan fingerprint density at radius 3 is 2.41 bits per heavy atom. The lowest BCUT2D eigenvalue weighted by Gasteiger charge is -2.25. The molecule has 0 radical (unpaired) electrons. The third-order valence-corrected chi connectivity index (χ3v) is 7.07. The number of carbonyl (C=O) groups is 3. The smallest absolute Gasteiger partial charge is 0.338 e. The molecule has 0 saturated carbocycles. The van der Waals surface area contributed by atoms with Crippen LogP contribution in [-0.4, -0.2) is 62.0 Å². The van der Waals surface area contributed by atoms with Crippen molar-refractivity contribution >= 4 is 40.9 Å². The van der Waals surface area contributed by atoms with Gasteiger partial charge in [-0.05, 0) is 55.5 Å². The van der Waals surface area contributed by atoms with Gasteiger partial charge >= 0.3 is 5.97 Å². The number of aliphatic imine (C=N–C) groups is 1. The van der Waals surface area contributed by atoms with Crippen molar-refractivity contribution in [2.45, 2.75) is 53.4 Å². The normalized spacial score (nSPS) is 16.1. The zero-order valence-corrected chi connectivity index (χ0v) is 24.8. The molecule has 41 heavy (non-hydrogen) atoms. The number of para-hydroxylation sites is 1. The first-order valence-electron chi connectivity index (χ1n) is 13.0. The first-order valence-corrected chi connectivity index (χ1v) is 13.5. The number of aryl methyl sites for hydroxylation is 2. The van der Waals surface area contributed by atoms with Gasteiger partial charge in [-0.3, -0.25) is 24.2 Å². The third-order valence-electron chi connectivity index (χ3n) is 6.84. The lowest BCUT2D eigenvalue weighted by atomic mass is 9.89. The Kier molecular flexibility index (Phi) is 10.4. The maximum atomic E-state index is 12.2. The molecule has 1 atom stereocenters. The van der Waals surface area contributed by atoms with E-state index in [9.17, 15) is 19.5 Å². The molecule has 0 aliphatic carbocycles. The summed E-state index contributed by atoms with van der Waals surface area (Å²) in [5.41, 5.74) is 2.87. The monoisotopic (exact) mass is 582 g/mol. The van der Waals surface area contributed by atoms with Crippen LogP contribution in [0.2, 0.25) is 0 Å². The molecule has 1 unspecified atom stereocenters. The van der Waals surface area contributed by atoms with E-state index in [0.29, 0.717) is 12.2 Å². The highest BCUT2D eigenvalue weighted by molar-refractivity contribution is 6.29. The van der Waals surface area contributed by atoms with Gasteiger partial charge in [0.1, 0.15) is 23.8 Å². The van der Waals surface area contributed by atoms with Crippen molar-refractivity contribution in [3.05, 3.63) is 76.9 Å². The standard InChI is InChI=1S/C15H19N3O4.C14H16ClN3O/c1-8(2)15(3)14(21)17-12(18-15)11-10(13(19)20)5-9(6-16-11)7-22-4;1-11-5-3-6-12(2)14(11)18(13(19)9-15)10-17-8-4-7-16-17/h5-6,8H,7H2,1-4H3,(H,19,20)(H,17,18,21);3-8H,9-10H2,1-2H3. The van der Waals surface area contributed by atoms with E-state index in [1.54, 1.807) is 22.7 Å². The molecule has 218 valence electrons. The number of hydrogen-bond donors (Lipinski definition) is 2. The second kappa shape index (κ2) is 13.5. The third kappa shape index (κ3) is 7.17. The fourth-order valence-corrected chi connectivity index (χ4v) is 4.40. The number of amides is 2. The molecule has 1 aliphatic heterocycles. The summed E-state index contributed by atoms with van der Waals surface area (Å²) in [4.78, 5) is 45.9. The Bertz CT molecular complexity index is 1420. The molecule has 2 amide bonds. The zero-order chi connectivity index (χ0) is 30.3. The molecule has 0 saturated heterocycles. The molecule has 2 aromatic heterocycles. The lowest BCUT2D eigenvalue weighted by Crippen LogP contribution is -2.41. The minimum atomic E-state index is -1.13. The van der Waals surface area contributed by atoms with Crippen LogP contribution in [0.25, 0.3) is 0 Å². The van der Waals surface area contributed by atoms with Crippen LogP contribution in [0.5, 0.6) is 0 Å². The van der Waals surface area contributed by atoms with Gasteiger partial charge in [0.05, 0.1) is 17.9 Å². The number of benzene rings is 1. The summed E-state index contributed by atoms with van der Waals surface area (Å²) in [6, 6.07) is 9.26. The maximum absolute atomic E-state index is 12.2. The average molecular weight is 583 g/mol. The Morgan fingerprint density at radius 2 is 1.90 bits per heavy atom. The van der Waals surface area contributed by atoms with E-state index >= 15 is 0 Å². The van der Waals surface area contributed by atoms with Gasteiger partial charge in [0.15, 0.2) is 5.84 Å². The number of amidine groups is 1. The number of anilines is 1. The highest BCUT2D eigenvalue weighted by atomic mass is 35.5. The van der Waals surface area contributed by atoms with Crippen molar-refractivity contribution in [1.82, 2.24) is 20.1 Å². The number of alkyl halides is 1. The number of methoxy groups -OCH3 is 1. The lowest BCUT2D eigenvalue weighted by molar-refractivity contribution is -0.124. The highest BCUT2D eigenvalue weighted by Crippen LogP contribution is 2.28. The van der Waals surface area contributed by atoms with E-state index in [0.717, 1.165) is 16.8 Å². The van der Waals surface area contributed by atoms with Crippen molar-refractivity contribution in [1.29, 1.82) is 0 Å². The SMILES string of the molecule is COCc1cnc(C2=NC(C)(C(C)C)C(=O)N2)c(C(=O)O)c1.Cc1cccc(C)c1N(Cn1cccn1)C(=O)CCl. The molecule has 3 aromatic rings. The number of nitrogens with one attached hydrogen (secondary N) is 1. The molecule has 11 nitrogen and oxygen atoms in total. The van der Waals surface area contributed by atoms with Gasteiger partial charge in [0.2, 0.25) is 5.91 Å². The van der Waals surface area contributed by atoms with Gasteiger partial charge in [-0.15, -0.1) is 11.6 Å². The van der Waals surface area contributed by atoms with Gasteiger partial charge in [0.25, 0.3) is 5.91 Å². The molecule has 4 rings (SSSR count). The molecule has 0 fully saturated rings. The van der Waals surface area contributed by atoms with Crippen LogP contribution in [0.4, 0.5) is 5.69 Å². The van der Waals surface area contributed by atoms with Crippen LogP contribution in [-0.2, 0) is 27.6 Å². The number of nitrogens with zero attached hydrogens (tertiary/aromatic N) is 5. The van der Waals surface area contributed by atoms with E-state index < -0.39 is 11.5 Å². The molecule has 12 heteroatoms. The van der Waals surface area contributed by atoms with Gasteiger partial charge in [0, 0.05) is 25.7 Å². The Labute approximate surface area is 244 Å². The molecule has 1 aliphatic rings. The van der Waals surface area contributed by atoms with Gasteiger partial charge in [-0.25, -0.2) is 9.79 Å². The first-order chi connectivity index (χ1) is 19.4. The molecule has 1 aromatic carbocycles. The largest absolute Gasteiger partial charge is 0.478 e. The summed E-state index contributed by atoms with van der Waals surface area (Å²) in [6.45, 7) is 10.1. The highest BCUT2D eigenvalue weighted by Gasteiger charge is 2.43. The number of hydrogen-bond acceptors (Lipinski definition) is 7. The molecular formula is C29H35ClN6O5. The number of carboxylic acid groups (broad SMARTS) is 1.